The first-order chi connectivity index (χ1) is 17.7. The number of H-pyrrole nitrogens is 4. The van der Waals surface area contributed by atoms with Crippen LogP contribution in [-0.2, 0) is 20.2 Å². The summed E-state index contributed by atoms with van der Waals surface area (Å²) in [6.07, 6.45) is 0. The molecule has 2 aromatic carbocycles. The molecule has 4 rings (SSSR count). The van der Waals surface area contributed by atoms with Crippen molar-refractivity contribution in [2.75, 3.05) is 10.6 Å². The van der Waals surface area contributed by atoms with E-state index in [9.17, 15) is 25.9 Å². The van der Waals surface area contributed by atoms with Crippen LogP contribution in [0.25, 0.3) is 11.1 Å². The van der Waals surface area contributed by atoms with Crippen molar-refractivity contribution < 1.29 is 87.9 Å². The largest absolute Gasteiger partial charge is 1.00 e. The second-order valence-corrected chi connectivity index (χ2v) is 12.1. The number of benzene rings is 2. The average Bonchev–Trinajstić information content (AvgIpc) is 2.76. The third kappa shape index (κ3) is 8.95. The molecule has 8 N–H and O–H groups in total. The van der Waals surface area contributed by atoms with Crippen molar-refractivity contribution in [1.29, 1.82) is 0 Å². The summed E-state index contributed by atoms with van der Waals surface area (Å²) in [6.45, 7) is 0. The van der Waals surface area contributed by atoms with E-state index >= 15 is 0 Å². The number of aromatic amines is 4. The summed E-state index contributed by atoms with van der Waals surface area (Å²) in [4.78, 5) is 9.77. The van der Waals surface area contributed by atoms with Gasteiger partial charge in [-0.05, 0) is 48.7 Å². The van der Waals surface area contributed by atoms with Crippen LogP contribution < -0.4 is 69.7 Å². The van der Waals surface area contributed by atoms with Gasteiger partial charge in [0.15, 0.2) is 9.54 Å². The molecule has 0 radical (unpaired) electrons. The molecule has 0 aliphatic rings. The Hall–Kier alpha value is -1.10. The number of nitrogens with one attached hydrogen (secondary N) is 6. The van der Waals surface area contributed by atoms with Gasteiger partial charge in [0.2, 0.25) is 0 Å². The van der Waals surface area contributed by atoms with Gasteiger partial charge in [-0.25, -0.2) is 0 Å². The first-order valence-electron chi connectivity index (χ1n) is 10.1. The van der Waals surface area contributed by atoms with E-state index < -0.39 is 30.0 Å². The van der Waals surface area contributed by atoms with E-state index in [0.29, 0.717) is 20.9 Å². The van der Waals surface area contributed by atoms with E-state index in [4.69, 9.17) is 48.9 Å². The topological polar surface area (TPSA) is 196 Å². The molecule has 0 amide bonds. The normalized spacial score (nSPS) is 11.2. The Morgan fingerprint density at radius 3 is 1.25 bits per heavy atom. The standard InChI is InChI=1S/C20H16N6O6S6.2Na.2H/c27-37(28,29)13-5-9(21-15-7-17(33)25-19(35)23-15)1-3-11(13)12-4-2-10(6-14(12)38(30,31)32)22-16-8-18(34)26-20(36)24-16;;;;/h1-8H,(H,27,28,29)(H,30,31,32)(H3,21,23,25,33,35)(H3,22,24,26,34,36);;;;/q;2*+1;2*-1. The summed E-state index contributed by atoms with van der Waals surface area (Å²) in [6, 6.07) is 10.6. The molecule has 0 aliphatic carbocycles. The minimum Gasteiger partial charge on any atom is -1.00 e. The summed E-state index contributed by atoms with van der Waals surface area (Å²) >= 11 is 20.2. The molecular weight excluding hydrogens is 659 g/mol. The van der Waals surface area contributed by atoms with Crippen LogP contribution in [-0.4, -0.2) is 45.9 Å². The van der Waals surface area contributed by atoms with Crippen LogP contribution in [0, 0.1) is 18.8 Å². The number of hydrogen-bond acceptors (Lipinski definition) is 10. The van der Waals surface area contributed by atoms with Crippen LogP contribution in [0.1, 0.15) is 2.85 Å². The molecule has 0 unspecified atom stereocenters. The average molecular weight is 677 g/mol. The third-order valence-corrected chi connectivity index (χ3v) is 7.52. The van der Waals surface area contributed by atoms with Gasteiger partial charge in [0.05, 0.1) is 0 Å². The summed E-state index contributed by atoms with van der Waals surface area (Å²) in [7, 11) is -9.73. The minimum atomic E-state index is -4.86. The van der Waals surface area contributed by atoms with E-state index in [-0.39, 0.29) is 94.0 Å². The maximum absolute atomic E-state index is 12.3. The Kier molecular flexibility index (Phi) is 12.2. The van der Waals surface area contributed by atoms with Crippen LogP contribution in [0.5, 0.6) is 0 Å². The molecule has 20 heteroatoms. The maximum Gasteiger partial charge on any atom is 1.00 e. The predicted molar refractivity (Wildman–Crippen MR) is 154 cm³/mol. The van der Waals surface area contributed by atoms with E-state index in [0.717, 1.165) is 12.1 Å². The molecule has 0 saturated heterocycles. The van der Waals surface area contributed by atoms with Crippen LogP contribution >= 0.6 is 48.9 Å². The quantitative estimate of drug-likeness (QED) is 0.0731. The van der Waals surface area contributed by atoms with Crippen LogP contribution in [0.2, 0.25) is 0 Å². The van der Waals surface area contributed by atoms with Gasteiger partial charge in [-0.3, -0.25) is 9.11 Å². The van der Waals surface area contributed by atoms with E-state index in [2.05, 4.69) is 30.6 Å². The fraction of sp³-hybridized carbons (Fsp3) is 0. The van der Waals surface area contributed by atoms with Gasteiger partial charge < -0.3 is 33.4 Å². The second kappa shape index (κ2) is 13.9. The maximum atomic E-state index is 12.3. The number of rotatable bonds is 7. The van der Waals surface area contributed by atoms with Crippen LogP contribution in [0.15, 0.2) is 58.3 Å². The summed E-state index contributed by atoms with van der Waals surface area (Å²) in [5, 5.41) is 5.76. The number of hydrogen-bond donors (Lipinski definition) is 8. The molecule has 0 aliphatic heterocycles. The Balaban J connectivity index is 0.00000420. The molecule has 2 aromatic heterocycles. The third-order valence-electron chi connectivity index (χ3n) is 4.89. The van der Waals surface area contributed by atoms with Crippen molar-refractivity contribution in [3.8, 4) is 11.1 Å². The number of aromatic nitrogens is 4. The van der Waals surface area contributed by atoms with E-state index in [1.807, 2.05) is 0 Å². The molecule has 40 heavy (non-hydrogen) atoms. The first kappa shape index (κ1) is 35.1. The molecule has 2 heterocycles. The van der Waals surface area contributed by atoms with Crippen molar-refractivity contribution in [3.05, 3.63) is 67.4 Å². The predicted octanol–water partition coefficient (Wildman–Crippen LogP) is -0.202. The van der Waals surface area contributed by atoms with Crippen molar-refractivity contribution in [2.45, 2.75) is 9.79 Å². The molecule has 12 nitrogen and oxygen atoms in total. The number of anilines is 4. The fourth-order valence-corrected chi connectivity index (χ4v) is 5.93. The Bertz CT molecular complexity index is 1850. The fourth-order valence-electron chi connectivity index (χ4n) is 3.46. The molecule has 0 spiro atoms. The Morgan fingerprint density at radius 1 is 0.600 bits per heavy atom. The Labute approximate surface area is 295 Å². The Morgan fingerprint density at radius 2 is 0.950 bits per heavy atom. The zero-order valence-corrected chi connectivity index (χ0v) is 29.5. The summed E-state index contributed by atoms with van der Waals surface area (Å²) in [5.74, 6) is 0.670. The van der Waals surface area contributed by atoms with Crippen molar-refractivity contribution in [3.63, 3.8) is 0 Å². The van der Waals surface area contributed by atoms with Gasteiger partial charge in [-0.15, -0.1) is 0 Å². The van der Waals surface area contributed by atoms with Gasteiger partial charge in [0.25, 0.3) is 20.2 Å². The zero-order chi connectivity index (χ0) is 27.8. The van der Waals surface area contributed by atoms with Gasteiger partial charge in [0.1, 0.15) is 30.7 Å². The zero-order valence-electron chi connectivity index (χ0n) is 22.6. The SMILES string of the molecule is O=S(=O)(O)c1cc(Nc2cc(=S)[nH]c(=S)[nH]2)ccc1-c1ccc(Nc2cc(=S)[nH]c(=S)[nH]2)cc1S(=O)(=O)O.[H-].[H-].[Na+].[Na+]. The molecule has 0 saturated carbocycles. The van der Waals surface area contributed by atoms with Crippen LogP contribution in [0.3, 0.4) is 0 Å². The second-order valence-electron chi connectivity index (χ2n) is 7.62. The minimum absolute atomic E-state index is 0. The molecule has 4 aromatic rings. The monoisotopic (exact) mass is 676 g/mol. The molecule has 0 bridgehead atoms. The first-order valence-corrected chi connectivity index (χ1v) is 14.7. The van der Waals surface area contributed by atoms with E-state index in [1.165, 1.54) is 36.4 Å². The van der Waals surface area contributed by atoms with Crippen molar-refractivity contribution in [2.24, 2.45) is 0 Å². The molecule has 0 atom stereocenters. The molecular formula is C20H18N6Na2O6S6. The van der Waals surface area contributed by atoms with Gasteiger partial charge in [-0.1, -0.05) is 36.6 Å². The molecule has 202 valence electrons. The van der Waals surface area contributed by atoms with Crippen molar-refractivity contribution in [1.82, 2.24) is 19.9 Å². The molecule has 0 fully saturated rings. The van der Waals surface area contributed by atoms with Gasteiger partial charge in [0, 0.05) is 34.6 Å². The smallest absolute Gasteiger partial charge is 1.00 e. The van der Waals surface area contributed by atoms with E-state index in [1.54, 1.807) is 0 Å². The summed E-state index contributed by atoms with van der Waals surface area (Å²) < 4.78 is 70.2. The van der Waals surface area contributed by atoms with Gasteiger partial charge in [-0.2, -0.15) is 16.8 Å². The van der Waals surface area contributed by atoms with Gasteiger partial charge >= 0.3 is 59.1 Å². The van der Waals surface area contributed by atoms with Crippen LogP contribution in [0.4, 0.5) is 23.0 Å². The summed E-state index contributed by atoms with van der Waals surface area (Å²) in [5.41, 5.74) is 0.0412. The van der Waals surface area contributed by atoms with Crippen molar-refractivity contribution >= 4 is 92.1 Å².